The molecule has 19 heavy (non-hydrogen) atoms. The van der Waals surface area contributed by atoms with Crippen molar-refractivity contribution in [2.75, 3.05) is 20.1 Å². The summed E-state index contributed by atoms with van der Waals surface area (Å²) in [6, 6.07) is 6.31. The molecule has 1 aromatic heterocycles. The summed E-state index contributed by atoms with van der Waals surface area (Å²) in [6.45, 7) is 2.16. The molecular formula is C15H17FN2O. The Kier molecular flexibility index (Phi) is 3.34. The Morgan fingerprint density at radius 1 is 1.21 bits per heavy atom. The molecular weight excluding hydrogens is 243 g/mol. The van der Waals surface area contributed by atoms with Gasteiger partial charge in [0.15, 0.2) is 11.7 Å². The third-order valence-electron chi connectivity index (χ3n) is 3.72. The maximum absolute atomic E-state index is 12.9. The molecule has 0 unspecified atom stereocenters. The van der Waals surface area contributed by atoms with E-state index in [1.165, 1.54) is 12.1 Å². The smallest absolute Gasteiger partial charge is 0.198 e. The summed E-state index contributed by atoms with van der Waals surface area (Å²) in [5.74, 6) is 1.70. The lowest BCUT2D eigenvalue weighted by atomic mass is 9.97. The van der Waals surface area contributed by atoms with Crippen molar-refractivity contribution in [1.82, 2.24) is 9.88 Å². The number of piperidine rings is 1. The fourth-order valence-electron chi connectivity index (χ4n) is 2.48. The van der Waals surface area contributed by atoms with E-state index in [2.05, 4.69) is 16.9 Å². The van der Waals surface area contributed by atoms with E-state index in [-0.39, 0.29) is 5.82 Å². The van der Waals surface area contributed by atoms with Crippen LogP contribution < -0.4 is 0 Å². The van der Waals surface area contributed by atoms with E-state index in [1.54, 1.807) is 18.3 Å². The van der Waals surface area contributed by atoms with Crippen LogP contribution in [0.25, 0.3) is 11.3 Å². The molecule has 0 radical (unpaired) electrons. The van der Waals surface area contributed by atoms with Gasteiger partial charge in [-0.15, -0.1) is 0 Å². The van der Waals surface area contributed by atoms with Gasteiger partial charge in [-0.2, -0.15) is 0 Å². The highest BCUT2D eigenvalue weighted by Crippen LogP contribution is 2.30. The lowest BCUT2D eigenvalue weighted by Crippen LogP contribution is -2.29. The standard InChI is InChI=1S/C15H17FN2O/c1-18-8-6-12(7-9-18)15-17-10-14(19-15)11-2-4-13(16)5-3-11/h2-5,10,12H,6-9H2,1H3. The molecule has 2 heterocycles. The van der Waals surface area contributed by atoms with Crippen LogP contribution in [0.2, 0.25) is 0 Å². The van der Waals surface area contributed by atoms with Crippen LogP contribution in [-0.2, 0) is 0 Å². The van der Waals surface area contributed by atoms with Crippen LogP contribution in [0.5, 0.6) is 0 Å². The second-order valence-corrected chi connectivity index (χ2v) is 5.15. The van der Waals surface area contributed by atoms with Crippen LogP contribution in [0.3, 0.4) is 0 Å². The molecule has 0 aliphatic carbocycles. The summed E-state index contributed by atoms with van der Waals surface area (Å²) in [6.07, 6.45) is 3.90. The van der Waals surface area contributed by atoms with Crippen molar-refractivity contribution in [2.24, 2.45) is 0 Å². The number of halogens is 1. The Hall–Kier alpha value is -1.68. The Bertz CT molecular complexity index is 542. The average molecular weight is 260 g/mol. The van der Waals surface area contributed by atoms with E-state index in [1.807, 2.05) is 0 Å². The highest BCUT2D eigenvalue weighted by Gasteiger charge is 2.22. The van der Waals surface area contributed by atoms with Crippen molar-refractivity contribution < 1.29 is 8.81 Å². The molecule has 4 heteroatoms. The van der Waals surface area contributed by atoms with Gasteiger partial charge in [-0.05, 0) is 57.2 Å². The second kappa shape index (κ2) is 5.13. The highest BCUT2D eigenvalue weighted by molar-refractivity contribution is 5.55. The number of benzene rings is 1. The largest absolute Gasteiger partial charge is 0.440 e. The van der Waals surface area contributed by atoms with Crippen LogP contribution in [-0.4, -0.2) is 30.0 Å². The first-order chi connectivity index (χ1) is 9.22. The molecule has 3 nitrogen and oxygen atoms in total. The van der Waals surface area contributed by atoms with Gasteiger partial charge < -0.3 is 9.32 Å². The van der Waals surface area contributed by atoms with Crippen molar-refractivity contribution in [3.63, 3.8) is 0 Å². The van der Waals surface area contributed by atoms with Crippen LogP contribution in [0.1, 0.15) is 24.7 Å². The van der Waals surface area contributed by atoms with Gasteiger partial charge in [0.1, 0.15) is 5.82 Å². The van der Waals surface area contributed by atoms with E-state index in [4.69, 9.17) is 4.42 Å². The number of likely N-dealkylation sites (tertiary alicyclic amines) is 1. The monoisotopic (exact) mass is 260 g/mol. The molecule has 1 aliphatic rings. The number of nitrogens with zero attached hydrogens (tertiary/aromatic N) is 2. The molecule has 1 saturated heterocycles. The van der Waals surface area contributed by atoms with E-state index in [0.717, 1.165) is 37.4 Å². The zero-order valence-electron chi connectivity index (χ0n) is 11.0. The van der Waals surface area contributed by atoms with Crippen molar-refractivity contribution in [1.29, 1.82) is 0 Å². The van der Waals surface area contributed by atoms with Gasteiger partial charge in [0.05, 0.1) is 6.20 Å². The second-order valence-electron chi connectivity index (χ2n) is 5.15. The number of aromatic nitrogens is 1. The topological polar surface area (TPSA) is 29.3 Å². The molecule has 1 aromatic carbocycles. The zero-order valence-corrected chi connectivity index (χ0v) is 11.0. The summed E-state index contributed by atoms with van der Waals surface area (Å²) in [7, 11) is 2.13. The summed E-state index contributed by atoms with van der Waals surface area (Å²) in [5, 5.41) is 0. The molecule has 1 aliphatic heterocycles. The number of hydrogen-bond donors (Lipinski definition) is 0. The molecule has 0 N–H and O–H groups in total. The summed E-state index contributed by atoms with van der Waals surface area (Å²) >= 11 is 0. The lowest BCUT2D eigenvalue weighted by molar-refractivity contribution is 0.238. The first-order valence-electron chi connectivity index (χ1n) is 6.62. The minimum atomic E-state index is -0.237. The van der Waals surface area contributed by atoms with Gasteiger partial charge in [0.2, 0.25) is 0 Å². The van der Waals surface area contributed by atoms with Gasteiger partial charge in [0.25, 0.3) is 0 Å². The molecule has 1 fully saturated rings. The molecule has 0 spiro atoms. The van der Waals surface area contributed by atoms with Crippen LogP contribution >= 0.6 is 0 Å². The first-order valence-corrected chi connectivity index (χ1v) is 6.62. The highest BCUT2D eigenvalue weighted by atomic mass is 19.1. The molecule has 3 rings (SSSR count). The van der Waals surface area contributed by atoms with Gasteiger partial charge in [-0.3, -0.25) is 0 Å². The van der Waals surface area contributed by atoms with Gasteiger partial charge >= 0.3 is 0 Å². The maximum Gasteiger partial charge on any atom is 0.198 e. The fourth-order valence-corrected chi connectivity index (χ4v) is 2.48. The van der Waals surface area contributed by atoms with Crippen molar-refractivity contribution in [3.8, 4) is 11.3 Å². The molecule has 0 bridgehead atoms. The number of oxazole rings is 1. The molecule has 0 amide bonds. The zero-order chi connectivity index (χ0) is 13.2. The Balaban J connectivity index is 1.77. The Labute approximate surface area is 112 Å². The van der Waals surface area contributed by atoms with Crippen molar-refractivity contribution >= 4 is 0 Å². The van der Waals surface area contributed by atoms with Crippen molar-refractivity contribution in [2.45, 2.75) is 18.8 Å². The minimum absolute atomic E-state index is 0.237. The average Bonchev–Trinajstić information content (AvgIpc) is 2.90. The molecule has 0 atom stereocenters. The van der Waals surface area contributed by atoms with Crippen LogP contribution in [0.4, 0.5) is 4.39 Å². The third-order valence-corrected chi connectivity index (χ3v) is 3.72. The minimum Gasteiger partial charge on any atom is -0.440 e. The van der Waals surface area contributed by atoms with Gasteiger partial charge in [-0.25, -0.2) is 9.37 Å². The summed E-state index contributed by atoms with van der Waals surface area (Å²) in [5.41, 5.74) is 0.869. The van der Waals surface area contributed by atoms with E-state index >= 15 is 0 Å². The predicted octanol–water partition coefficient (Wildman–Crippen LogP) is 3.29. The fraction of sp³-hybridized carbons (Fsp3) is 0.400. The SMILES string of the molecule is CN1CCC(c2ncc(-c3ccc(F)cc3)o2)CC1. The van der Waals surface area contributed by atoms with Crippen LogP contribution in [0.15, 0.2) is 34.9 Å². The number of hydrogen-bond acceptors (Lipinski definition) is 3. The van der Waals surface area contributed by atoms with E-state index in [9.17, 15) is 4.39 Å². The Morgan fingerprint density at radius 3 is 2.58 bits per heavy atom. The lowest BCUT2D eigenvalue weighted by Gasteiger charge is -2.26. The van der Waals surface area contributed by atoms with Crippen LogP contribution in [0, 0.1) is 5.82 Å². The Morgan fingerprint density at radius 2 is 1.89 bits per heavy atom. The predicted molar refractivity (Wildman–Crippen MR) is 71.4 cm³/mol. The first kappa shape index (κ1) is 12.4. The molecule has 0 saturated carbocycles. The summed E-state index contributed by atoms with van der Waals surface area (Å²) < 4.78 is 18.7. The van der Waals surface area contributed by atoms with E-state index < -0.39 is 0 Å². The molecule has 2 aromatic rings. The summed E-state index contributed by atoms with van der Waals surface area (Å²) in [4.78, 5) is 6.70. The van der Waals surface area contributed by atoms with Crippen molar-refractivity contribution in [3.05, 3.63) is 42.2 Å². The van der Waals surface area contributed by atoms with Gasteiger partial charge in [0, 0.05) is 11.5 Å². The maximum atomic E-state index is 12.9. The van der Waals surface area contributed by atoms with Gasteiger partial charge in [-0.1, -0.05) is 0 Å². The third kappa shape index (κ3) is 2.68. The molecule has 100 valence electrons. The van der Waals surface area contributed by atoms with E-state index in [0.29, 0.717) is 11.7 Å². The quantitative estimate of drug-likeness (QED) is 0.829. The number of rotatable bonds is 2. The normalized spacial score (nSPS) is 17.8.